The largest absolute Gasteiger partial charge is 0.322 e. The van der Waals surface area contributed by atoms with Crippen LogP contribution in [-0.2, 0) is 16.4 Å². The maximum absolute atomic E-state index is 13.2. The average Bonchev–Trinajstić information content (AvgIpc) is 3.09. The van der Waals surface area contributed by atoms with E-state index >= 15 is 0 Å². The minimum Gasteiger partial charge on any atom is -0.322 e. The van der Waals surface area contributed by atoms with Gasteiger partial charge >= 0.3 is 0 Å². The third-order valence-corrected chi connectivity index (χ3v) is 6.76. The minimum atomic E-state index is -3.54. The molecule has 1 N–H and O–H groups in total. The molecule has 1 aliphatic rings. The summed E-state index contributed by atoms with van der Waals surface area (Å²) in [7, 11) is -0.573. The first-order valence-electron chi connectivity index (χ1n) is 8.78. The van der Waals surface area contributed by atoms with Gasteiger partial charge in [0.25, 0.3) is 5.91 Å². The van der Waals surface area contributed by atoms with E-state index < -0.39 is 10.0 Å². The predicted molar refractivity (Wildman–Crippen MR) is 107 cm³/mol. The first-order valence-corrected chi connectivity index (χ1v) is 10.2. The molecule has 3 aromatic rings. The molecule has 0 aliphatic carbocycles. The number of benzene rings is 2. The van der Waals surface area contributed by atoms with Crippen LogP contribution in [0.4, 0.5) is 5.69 Å². The van der Waals surface area contributed by atoms with E-state index in [-0.39, 0.29) is 16.4 Å². The molecule has 0 saturated carbocycles. The van der Waals surface area contributed by atoms with Gasteiger partial charge in [0, 0.05) is 43.3 Å². The number of amides is 1. The number of H-pyrrole nitrogens is 1. The van der Waals surface area contributed by atoms with E-state index in [4.69, 9.17) is 0 Å². The first-order chi connectivity index (χ1) is 13.3. The second kappa shape index (κ2) is 6.57. The van der Waals surface area contributed by atoms with Gasteiger partial charge in [0.15, 0.2) is 0 Å². The Bertz CT molecular complexity index is 1260. The van der Waals surface area contributed by atoms with Gasteiger partial charge in [-0.15, -0.1) is 0 Å². The normalized spacial score (nSPS) is 13.9. The van der Waals surface area contributed by atoms with E-state index in [1.54, 1.807) is 35.2 Å². The molecule has 0 atom stereocenters. The molecule has 1 aromatic heterocycles. The van der Waals surface area contributed by atoms with Crippen LogP contribution < -0.4 is 10.5 Å². The van der Waals surface area contributed by atoms with Crippen LogP contribution in [0, 0.1) is 0 Å². The summed E-state index contributed by atoms with van der Waals surface area (Å²) in [5, 5.41) is 0.673. The summed E-state index contributed by atoms with van der Waals surface area (Å²) < 4.78 is 25.9. The summed E-state index contributed by atoms with van der Waals surface area (Å²) in [5.41, 5.74) is 2.06. The van der Waals surface area contributed by atoms with Crippen LogP contribution in [0.3, 0.4) is 0 Å². The molecule has 2 aromatic carbocycles. The highest BCUT2D eigenvalue weighted by molar-refractivity contribution is 7.89. The molecule has 4 rings (SSSR count). The fourth-order valence-corrected chi connectivity index (χ4v) is 4.44. The van der Waals surface area contributed by atoms with Gasteiger partial charge in [-0.25, -0.2) is 12.7 Å². The maximum Gasteiger partial charge on any atom is 0.259 e. The van der Waals surface area contributed by atoms with Gasteiger partial charge in [0.1, 0.15) is 0 Å². The highest BCUT2D eigenvalue weighted by Gasteiger charge is 2.29. The fourth-order valence-electron chi connectivity index (χ4n) is 3.49. The summed E-state index contributed by atoms with van der Waals surface area (Å²) in [5.74, 6) is -0.274. The van der Waals surface area contributed by atoms with Gasteiger partial charge in [0.05, 0.1) is 10.5 Å². The second-order valence-electron chi connectivity index (χ2n) is 6.88. The average molecular weight is 397 g/mol. The number of nitrogens with one attached hydrogen (secondary N) is 1. The standard InChI is InChI=1S/C20H19N3O4S/c1-22(2)28(26,27)14-7-8-18-13(11-14)9-10-23(18)20(25)16-12-19(24)21-17-6-4-3-5-15(16)17/h3-8,11-12H,9-10H2,1-2H3,(H,21,24). The maximum atomic E-state index is 13.2. The van der Waals surface area contributed by atoms with Crippen LogP contribution in [0.2, 0.25) is 0 Å². The number of pyridine rings is 1. The summed E-state index contributed by atoms with van der Waals surface area (Å²) >= 11 is 0. The minimum absolute atomic E-state index is 0.201. The van der Waals surface area contributed by atoms with Crippen LogP contribution in [0.25, 0.3) is 10.9 Å². The molecular formula is C20H19N3O4S. The van der Waals surface area contributed by atoms with E-state index in [0.717, 1.165) is 9.87 Å². The number of carbonyl (C=O) groups is 1. The lowest BCUT2D eigenvalue weighted by Gasteiger charge is -2.19. The number of aromatic amines is 1. The lowest BCUT2D eigenvalue weighted by molar-refractivity contribution is 0.0991. The predicted octanol–water partition coefficient (Wildman–Crippen LogP) is 1.98. The Morgan fingerprint density at radius 3 is 2.61 bits per heavy atom. The number of para-hydroxylation sites is 1. The lowest BCUT2D eigenvalue weighted by atomic mass is 10.1. The van der Waals surface area contributed by atoms with Crippen molar-refractivity contribution in [1.29, 1.82) is 0 Å². The Kier molecular flexibility index (Phi) is 4.32. The molecule has 7 nitrogen and oxygen atoms in total. The molecule has 0 radical (unpaired) electrons. The molecule has 0 saturated heterocycles. The molecule has 0 bridgehead atoms. The van der Waals surface area contributed by atoms with E-state index in [0.29, 0.717) is 35.1 Å². The molecule has 8 heteroatoms. The van der Waals surface area contributed by atoms with Crippen molar-refractivity contribution in [2.45, 2.75) is 11.3 Å². The second-order valence-corrected chi connectivity index (χ2v) is 9.03. The van der Waals surface area contributed by atoms with Crippen LogP contribution in [0.15, 0.2) is 58.2 Å². The Balaban J connectivity index is 1.77. The molecular weight excluding hydrogens is 378 g/mol. The van der Waals surface area contributed by atoms with Crippen molar-refractivity contribution in [2.24, 2.45) is 0 Å². The van der Waals surface area contributed by atoms with Crippen molar-refractivity contribution in [3.05, 3.63) is 70.0 Å². The topological polar surface area (TPSA) is 90.6 Å². The number of carbonyl (C=O) groups excluding carboxylic acids is 1. The number of fused-ring (bicyclic) bond motifs is 2. The van der Waals surface area contributed by atoms with E-state index in [2.05, 4.69) is 4.98 Å². The molecule has 28 heavy (non-hydrogen) atoms. The molecule has 144 valence electrons. The highest BCUT2D eigenvalue weighted by Crippen LogP contribution is 2.32. The molecule has 0 unspecified atom stereocenters. The molecule has 0 spiro atoms. The number of anilines is 1. The highest BCUT2D eigenvalue weighted by atomic mass is 32.2. The summed E-state index contributed by atoms with van der Waals surface area (Å²) in [6.45, 7) is 0.431. The number of aromatic nitrogens is 1. The zero-order chi connectivity index (χ0) is 20.1. The monoisotopic (exact) mass is 397 g/mol. The van der Waals surface area contributed by atoms with Crippen LogP contribution in [0.5, 0.6) is 0 Å². The summed E-state index contributed by atoms with van der Waals surface area (Å²) in [6.07, 6.45) is 0.555. The van der Waals surface area contributed by atoms with Gasteiger partial charge in [0.2, 0.25) is 15.6 Å². The van der Waals surface area contributed by atoms with Crippen molar-refractivity contribution >= 4 is 32.5 Å². The fraction of sp³-hybridized carbons (Fsp3) is 0.200. The molecule has 1 aliphatic heterocycles. The first kappa shape index (κ1) is 18.4. The van der Waals surface area contributed by atoms with Crippen molar-refractivity contribution in [1.82, 2.24) is 9.29 Å². The smallest absolute Gasteiger partial charge is 0.259 e. The summed E-state index contributed by atoms with van der Waals surface area (Å²) in [6, 6.07) is 13.3. The number of hydrogen-bond donors (Lipinski definition) is 1. The number of nitrogens with zero attached hydrogens (tertiary/aromatic N) is 2. The SMILES string of the molecule is CN(C)S(=O)(=O)c1ccc2c(c1)CCN2C(=O)c1cc(=O)[nH]c2ccccc12. The van der Waals surface area contributed by atoms with Crippen molar-refractivity contribution in [3.63, 3.8) is 0 Å². The number of hydrogen-bond acceptors (Lipinski definition) is 4. The summed E-state index contributed by atoms with van der Waals surface area (Å²) in [4.78, 5) is 29.7. The third kappa shape index (κ3) is 2.90. The third-order valence-electron chi connectivity index (χ3n) is 4.95. The van der Waals surface area contributed by atoms with Gasteiger partial charge in [-0.2, -0.15) is 0 Å². The van der Waals surface area contributed by atoms with Crippen molar-refractivity contribution in [2.75, 3.05) is 25.5 Å². The van der Waals surface area contributed by atoms with Gasteiger partial charge in [-0.3, -0.25) is 9.59 Å². The lowest BCUT2D eigenvalue weighted by Crippen LogP contribution is -2.30. The Morgan fingerprint density at radius 2 is 1.86 bits per heavy atom. The van der Waals surface area contributed by atoms with Gasteiger partial charge < -0.3 is 9.88 Å². The van der Waals surface area contributed by atoms with Crippen LogP contribution >= 0.6 is 0 Å². The molecule has 1 amide bonds. The van der Waals surface area contributed by atoms with Gasteiger partial charge in [-0.1, -0.05) is 18.2 Å². The van der Waals surface area contributed by atoms with E-state index in [9.17, 15) is 18.0 Å². The number of sulfonamides is 1. The zero-order valence-electron chi connectivity index (χ0n) is 15.5. The van der Waals surface area contributed by atoms with E-state index in [1.165, 1.54) is 26.2 Å². The Hall–Kier alpha value is -2.97. The molecule has 0 fully saturated rings. The van der Waals surface area contributed by atoms with Crippen molar-refractivity contribution in [3.8, 4) is 0 Å². The van der Waals surface area contributed by atoms with Crippen LogP contribution in [-0.4, -0.2) is 44.3 Å². The zero-order valence-corrected chi connectivity index (χ0v) is 16.3. The number of rotatable bonds is 3. The Labute approximate surface area is 162 Å². The van der Waals surface area contributed by atoms with Gasteiger partial charge in [-0.05, 0) is 36.2 Å². The van der Waals surface area contributed by atoms with E-state index in [1.807, 2.05) is 6.07 Å². The molecule has 2 heterocycles. The van der Waals surface area contributed by atoms with Crippen LogP contribution in [0.1, 0.15) is 15.9 Å². The quantitative estimate of drug-likeness (QED) is 0.732. The Morgan fingerprint density at radius 1 is 1.11 bits per heavy atom. The van der Waals surface area contributed by atoms with Crippen molar-refractivity contribution < 1.29 is 13.2 Å².